The molecule has 0 unspecified atom stereocenters. The van der Waals surface area contributed by atoms with E-state index in [-0.39, 0.29) is 16.6 Å². The van der Waals surface area contributed by atoms with Crippen LogP contribution in [0.3, 0.4) is 0 Å². The van der Waals surface area contributed by atoms with Gasteiger partial charge in [-0.2, -0.15) is 23.0 Å². The lowest BCUT2D eigenvalue weighted by Gasteiger charge is -2.11. The van der Waals surface area contributed by atoms with Crippen molar-refractivity contribution >= 4 is 23.2 Å². The average Bonchev–Trinajstić information content (AvgIpc) is 3.25. The number of carbonyl (C=O) groups is 1. The predicted molar refractivity (Wildman–Crippen MR) is 121 cm³/mol. The molecule has 10 heteroatoms. The molecule has 0 spiro atoms. The average molecular weight is 488 g/mol. The fraction of sp³-hybridized carbons (Fsp3) is 0.0833. The Bertz CT molecular complexity index is 1280. The normalized spacial score (nSPS) is 11.2. The first-order valence-electron chi connectivity index (χ1n) is 9.97. The van der Waals surface area contributed by atoms with Gasteiger partial charge in [0.2, 0.25) is 5.88 Å². The Morgan fingerprint density at radius 1 is 0.941 bits per heavy atom. The highest BCUT2D eigenvalue weighted by molar-refractivity contribution is 6.32. The Morgan fingerprint density at radius 2 is 1.59 bits per heavy atom. The number of aromatic nitrogens is 2. The van der Waals surface area contributed by atoms with Crippen LogP contribution in [0.1, 0.15) is 5.69 Å². The second-order valence-corrected chi connectivity index (χ2v) is 7.41. The smallest absolute Gasteiger partial charge is 0.435 e. The molecule has 0 radical (unpaired) electrons. The fourth-order valence-electron chi connectivity index (χ4n) is 2.97. The number of halogens is 4. The van der Waals surface area contributed by atoms with Crippen molar-refractivity contribution in [2.45, 2.75) is 6.18 Å². The van der Waals surface area contributed by atoms with Crippen LogP contribution >= 0.6 is 11.6 Å². The van der Waals surface area contributed by atoms with E-state index in [1.807, 2.05) is 30.3 Å². The number of hydrogen-bond acceptors (Lipinski definition) is 4. The van der Waals surface area contributed by atoms with Crippen molar-refractivity contribution in [2.75, 3.05) is 11.9 Å². The molecule has 0 saturated heterocycles. The summed E-state index contributed by atoms with van der Waals surface area (Å²) >= 11 is 6.10. The highest BCUT2D eigenvalue weighted by Crippen LogP contribution is 2.33. The van der Waals surface area contributed by atoms with Crippen LogP contribution < -0.4 is 14.8 Å². The van der Waals surface area contributed by atoms with E-state index in [9.17, 15) is 18.0 Å². The van der Waals surface area contributed by atoms with E-state index in [4.69, 9.17) is 21.1 Å². The molecule has 1 N–H and O–H groups in total. The number of ether oxygens (including phenoxy) is 2. The van der Waals surface area contributed by atoms with Crippen LogP contribution in [0.15, 0.2) is 84.9 Å². The van der Waals surface area contributed by atoms with E-state index in [1.54, 1.807) is 36.4 Å². The molecule has 4 rings (SSSR count). The van der Waals surface area contributed by atoms with Gasteiger partial charge >= 0.3 is 6.18 Å². The van der Waals surface area contributed by atoms with Crippen LogP contribution in [0.2, 0.25) is 5.02 Å². The summed E-state index contributed by atoms with van der Waals surface area (Å²) in [5.74, 6) is 0.393. The van der Waals surface area contributed by atoms with Crippen molar-refractivity contribution in [1.82, 2.24) is 9.78 Å². The van der Waals surface area contributed by atoms with Gasteiger partial charge in [-0.05, 0) is 48.5 Å². The van der Waals surface area contributed by atoms with E-state index in [0.29, 0.717) is 23.3 Å². The van der Waals surface area contributed by atoms with Crippen LogP contribution in [-0.2, 0) is 11.0 Å². The SMILES string of the molecule is O=C(COc1cc(C(F)(F)F)nn1-c1ccccc1Cl)Nc1ccc(Oc2ccccc2)cc1. The molecule has 0 bridgehead atoms. The van der Waals surface area contributed by atoms with E-state index in [1.165, 1.54) is 12.1 Å². The summed E-state index contributed by atoms with van der Waals surface area (Å²) in [4.78, 5) is 12.3. The van der Waals surface area contributed by atoms with Crippen molar-refractivity contribution in [3.63, 3.8) is 0 Å². The van der Waals surface area contributed by atoms with Gasteiger partial charge in [0.15, 0.2) is 12.3 Å². The minimum Gasteiger partial charge on any atom is -0.467 e. The number of nitrogens with zero attached hydrogens (tertiary/aromatic N) is 2. The third-order valence-electron chi connectivity index (χ3n) is 4.52. The summed E-state index contributed by atoms with van der Waals surface area (Å²) in [7, 11) is 0. The largest absolute Gasteiger partial charge is 0.467 e. The molecule has 0 atom stereocenters. The van der Waals surface area contributed by atoms with Gasteiger partial charge in [-0.3, -0.25) is 4.79 Å². The zero-order valence-corrected chi connectivity index (χ0v) is 18.2. The van der Waals surface area contributed by atoms with E-state index < -0.39 is 24.4 Å². The summed E-state index contributed by atoms with van der Waals surface area (Å²) in [5, 5.41) is 6.34. The van der Waals surface area contributed by atoms with E-state index in [2.05, 4.69) is 10.4 Å². The first-order valence-corrected chi connectivity index (χ1v) is 10.4. The molecule has 174 valence electrons. The maximum atomic E-state index is 13.2. The number of amides is 1. The quantitative estimate of drug-likeness (QED) is 0.330. The zero-order chi connectivity index (χ0) is 24.1. The van der Waals surface area contributed by atoms with Crippen molar-refractivity contribution in [1.29, 1.82) is 0 Å². The number of para-hydroxylation sites is 2. The molecule has 0 aliphatic heterocycles. The number of rotatable bonds is 7. The number of carbonyl (C=O) groups excluding carboxylic acids is 1. The van der Waals surface area contributed by atoms with Crippen molar-refractivity contribution in [2.24, 2.45) is 0 Å². The van der Waals surface area contributed by atoms with Gasteiger partial charge in [0.05, 0.1) is 10.7 Å². The van der Waals surface area contributed by atoms with Crippen LogP contribution in [0, 0.1) is 0 Å². The van der Waals surface area contributed by atoms with Gasteiger partial charge in [-0.1, -0.05) is 41.9 Å². The summed E-state index contributed by atoms with van der Waals surface area (Å²) in [6.07, 6.45) is -4.70. The number of alkyl halides is 3. The van der Waals surface area contributed by atoms with Gasteiger partial charge < -0.3 is 14.8 Å². The summed E-state index contributed by atoms with van der Waals surface area (Å²) in [6.45, 7) is -0.546. The third kappa shape index (κ3) is 5.68. The highest BCUT2D eigenvalue weighted by Gasteiger charge is 2.36. The zero-order valence-electron chi connectivity index (χ0n) is 17.4. The Hall–Kier alpha value is -3.98. The first kappa shape index (κ1) is 23.2. The predicted octanol–water partition coefficient (Wildman–Crippen LogP) is 6.35. The highest BCUT2D eigenvalue weighted by atomic mass is 35.5. The van der Waals surface area contributed by atoms with Gasteiger partial charge in [0, 0.05) is 11.8 Å². The molecule has 6 nitrogen and oxygen atoms in total. The molecule has 4 aromatic rings. The van der Waals surface area contributed by atoms with Crippen LogP contribution in [0.25, 0.3) is 5.69 Å². The van der Waals surface area contributed by atoms with Crippen LogP contribution in [-0.4, -0.2) is 22.3 Å². The number of nitrogens with one attached hydrogen (secondary N) is 1. The topological polar surface area (TPSA) is 65.4 Å². The third-order valence-corrected chi connectivity index (χ3v) is 4.84. The molecular formula is C24H17ClF3N3O3. The minimum atomic E-state index is -4.70. The second kappa shape index (κ2) is 9.88. The standard InChI is InChI=1S/C24H17ClF3N3O3/c25-19-8-4-5-9-20(19)31-23(14-21(30-31)24(26,27)28)33-15-22(32)29-16-10-12-18(13-11-16)34-17-6-2-1-3-7-17/h1-14H,15H2,(H,29,32). The van der Waals surface area contributed by atoms with Gasteiger partial charge in [0.1, 0.15) is 11.5 Å². The molecule has 1 amide bonds. The number of benzene rings is 3. The fourth-order valence-corrected chi connectivity index (χ4v) is 3.18. The lowest BCUT2D eigenvalue weighted by atomic mass is 10.3. The maximum Gasteiger partial charge on any atom is 0.435 e. The van der Waals surface area contributed by atoms with Gasteiger partial charge in [-0.15, -0.1) is 0 Å². The van der Waals surface area contributed by atoms with Crippen LogP contribution in [0.4, 0.5) is 18.9 Å². The molecule has 1 heterocycles. The molecule has 0 aliphatic rings. The molecule has 3 aromatic carbocycles. The second-order valence-electron chi connectivity index (χ2n) is 7.01. The van der Waals surface area contributed by atoms with E-state index >= 15 is 0 Å². The Morgan fingerprint density at radius 3 is 2.26 bits per heavy atom. The van der Waals surface area contributed by atoms with E-state index in [0.717, 1.165) is 4.68 Å². The Kier molecular flexibility index (Phi) is 6.74. The van der Waals surface area contributed by atoms with Crippen molar-refractivity contribution < 1.29 is 27.4 Å². The monoisotopic (exact) mass is 487 g/mol. The molecule has 0 fully saturated rings. The lowest BCUT2D eigenvalue weighted by molar-refractivity contribution is -0.141. The molecule has 1 aromatic heterocycles. The summed E-state index contributed by atoms with van der Waals surface area (Å²) in [5.41, 5.74) is -0.523. The van der Waals surface area contributed by atoms with Crippen molar-refractivity contribution in [3.05, 3.63) is 95.6 Å². The Labute approximate surface area is 197 Å². The number of hydrogen-bond donors (Lipinski definition) is 1. The molecular weight excluding hydrogens is 471 g/mol. The molecule has 34 heavy (non-hydrogen) atoms. The maximum absolute atomic E-state index is 13.2. The first-order chi connectivity index (χ1) is 16.3. The van der Waals surface area contributed by atoms with Crippen LogP contribution in [0.5, 0.6) is 17.4 Å². The van der Waals surface area contributed by atoms with Crippen molar-refractivity contribution in [3.8, 4) is 23.1 Å². The Balaban J connectivity index is 1.42. The lowest BCUT2D eigenvalue weighted by Crippen LogP contribution is -2.21. The molecule has 0 aliphatic carbocycles. The summed E-state index contributed by atoms with van der Waals surface area (Å²) < 4.78 is 51.6. The number of anilines is 1. The van der Waals surface area contributed by atoms with Gasteiger partial charge in [-0.25, -0.2) is 0 Å². The van der Waals surface area contributed by atoms with Gasteiger partial charge in [0.25, 0.3) is 5.91 Å². The minimum absolute atomic E-state index is 0.173. The molecule has 0 saturated carbocycles. The summed E-state index contributed by atoms with van der Waals surface area (Å²) in [6, 6.07) is 22.7.